The summed E-state index contributed by atoms with van der Waals surface area (Å²) >= 11 is 11.9. The zero-order valence-electron chi connectivity index (χ0n) is 11.3. The molecule has 0 aliphatic carbocycles. The third-order valence-electron chi connectivity index (χ3n) is 3.15. The molecule has 1 N–H and O–H groups in total. The number of tetrazole rings is 1. The average Bonchev–Trinajstić information content (AvgIpc) is 2.87. The maximum atomic E-state index is 10.8. The molecule has 8 heteroatoms. The first-order valence-corrected chi connectivity index (χ1v) is 7.14. The molecule has 112 valence electrons. The molecule has 0 radical (unpaired) electrons. The van der Waals surface area contributed by atoms with Crippen molar-refractivity contribution >= 4 is 29.2 Å². The van der Waals surface area contributed by atoms with Gasteiger partial charge in [-0.05, 0) is 34.5 Å². The summed E-state index contributed by atoms with van der Waals surface area (Å²) in [7, 11) is 0. The van der Waals surface area contributed by atoms with Crippen molar-refractivity contribution in [1.29, 1.82) is 0 Å². The molecule has 6 nitrogen and oxygen atoms in total. The summed E-state index contributed by atoms with van der Waals surface area (Å²) < 4.78 is 1.61. The Morgan fingerprint density at radius 1 is 1.38 bits per heavy atom. The average molecular weight is 329 g/mol. The van der Waals surface area contributed by atoms with Crippen LogP contribution in [-0.4, -0.2) is 31.3 Å². The molecule has 1 aromatic heterocycles. The highest BCUT2D eigenvalue weighted by atomic mass is 35.5. The molecular formula is C13H14Cl2N4O2. The Morgan fingerprint density at radius 2 is 2.14 bits per heavy atom. The molecule has 0 aliphatic rings. The van der Waals surface area contributed by atoms with Crippen LogP contribution in [0.15, 0.2) is 18.2 Å². The van der Waals surface area contributed by atoms with Crippen LogP contribution >= 0.6 is 23.2 Å². The highest BCUT2D eigenvalue weighted by Gasteiger charge is 2.13. The van der Waals surface area contributed by atoms with Crippen molar-refractivity contribution in [3.05, 3.63) is 39.6 Å². The second-order valence-corrected chi connectivity index (χ2v) is 5.59. The summed E-state index contributed by atoms with van der Waals surface area (Å²) in [5, 5.41) is 21.3. The molecule has 2 aromatic rings. The Morgan fingerprint density at radius 3 is 2.81 bits per heavy atom. The number of aromatic nitrogens is 4. The zero-order valence-corrected chi connectivity index (χ0v) is 12.8. The van der Waals surface area contributed by atoms with Crippen molar-refractivity contribution in [2.24, 2.45) is 5.92 Å². The van der Waals surface area contributed by atoms with E-state index in [1.165, 1.54) is 0 Å². The molecule has 1 heterocycles. The Labute approximate surface area is 131 Å². The zero-order chi connectivity index (χ0) is 15.4. The van der Waals surface area contributed by atoms with E-state index in [0.717, 1.165) is 5.56 Å². The van der Waals surface area contributed by atoms with E-state index in [1.807, 2.05) is 6.07 Å². The Kier molecular flexibility index (Phi) is 5.14. The normalized spacial score (nSPS) is 12.3. The maximum Gasteiger partial charge on any atom is 0.306 e. The number of aliphatic carboxylic acids is 1. The largest absolute Gasteiger partial charge is 0.481 e. The molecule has 0 saturated carbocycles. The number of rotatable bonds is 6. The van der Waals surface area contributed by atoms with Gasteiger partial charge in [0.25, 0.3) is 0 Å². The first-order chi connectivity index (χ1) is 9.97. The number of carboxylic acids is 1. The van der Waals surface area contributed by atoms with Crippen LogP contribution in [0, 0.1) is 5.92 Å². The van der Waals surface area contributed by atoms with Crippen molar-refractivity contribution in [1.82, 2.24) is 20.2 Å². The van der Waals surface area contributed by atoms with Gasteiger partial charge in [-0.2, -0.15) is 0 Å². The van der Waals surface area contributed by atoms with Gasteiger partial charge in [-0.15, -0.1) is 5.10 Å². The topological polar surface area (TPSA) is 80.9 Å². The minimum atomic E-state index is -0.825. The standard InChI is InChI=1S/C13H14Cl2N4O2/c1-8(13(20)21)4-5-19-12(16-17-18-19)7-9-2-3-10(14)11(15)6-9/h2-3,6,8H,4-5,7H2,1H3,(H,20,21). The second kappa shape index (κ2) is 6.87. The van der Waals surface area contributed by atoms with Crippen molar-refractivity contribution in [2.75, 3.05) is 0 Å². The minimum absolute atomic E-state index is 0.438. The number of benzene rings is 1. The molecule has 1 atom stereocenters. The van der Waals surface area contributed by atoms with Crippen LogP contribution in [0.3, 0.4) is 0 Å². The Bertz CT molecular complexity index is 645. The van der Waals surface area contributed by atoms with E-state index in [-0.39, 0.29) is 0 Å². The highest BCUT2D eigenvalue weighted by molar-refractivity contribution is 6.42. The van der Waals surface area contributed by atoms with Crippen LogP contribution in [0.1, 0.15) is 24.7 Å². The number of carboxylic acid groups (broad SMARTS) is 1. The lowest BCUT2D eigenvalue weighted by atomic mass is 10.1. The first-order valence-electron chi connectivity index (χ1n) is 6.39. The van der Waals surface area contributed by atoms with E-state index in [4.69, 9.17) is 28.3 Å². The van der Waals surface area contributed by atoms with Gasteiger partial charge in [0.2, 0.25) is 0 Å². The second-order valence-electron chi connectivity index (χ2n) is 4.77. The summed E-state index contributed by atoms with van der Waals surface area (Å²) in [6.45, 7) is 2.11. The number of nitrogens with zero attached hydrogens (tertiary/aromatic N) is 4. The van der Waals surface area contributed by atoms with Gasteiger partial charge in [-0.3, -0.25) is 4.79 Å². The fourth-order valence-electron chi connectivity index (χ4n) is 1.80. The van der Waals surface area contributed by atoms with E-state index >= 15 is 0 Å². The molecular weight excluding hydrogens is 315 g/mol. The van der Waals surface area contributed by atoms with Gasteiger partial charge in [-0.25, -0.2) is 4.68 Å². The van der Waals surface area contributed by atoms with Crippen LogP contribution < -0.4 is 0 Å². The van der Waals surface area contributed by atoms with E-state index in [2.05, 4.69) is 15.5 Å². The molecule has 0 aliphatic heterocycles. The molecule has 0 bridgehead atoms. The van der Waals surface area contributed by atoms with Crippen LogP contribution in [0.2, 0.25) is 10.0 Å². The molecule has 0 spiro atoms. The fourth-order valence-corrected chi connectivity index (χ4v) is 2.12. The Hall–Kier alpha value is -1.66. The summed E-state index contributed by atoms with van der Waals surface area (Å²) in [6.07, 6.45) is 0.972. The number of aryl methyl sites for hydroxylation is 1. The molecule has 1 unspecified atom stereocenters. The number of hydrogen-bond donors (Lipinski definition) is 1. The van der Waals surface area contributed by atoms with E-state index in [1.54, 1.807) is 23.7 Å². The maximum absolute atomic E-state index is 10.8. The third-order valence-corrected chi connectivity index (χ3v) is 3.89. The van der Waals surface area contributed by atoms with Gasteiger partial charge >= 0.3 is 5.97 Å². The predicted molar refractivity (Wildman–Crippen MR) is 78.5 cm³/mol. The number of carbonyl (C=O) groups is 1. The summed E-state index contributed by atoms with van der Waals surface area (Å²) in [5.41, 5.74) is 0.937. The van der Waals surface area contributed by atoms with Crippen LogP contribution in [0.4, 0.5) is 0 Å². The van der Waals surface area contributed by atoms with Crippen molar-refractivity contribution in [3.63, 3.8) is 0 Å². The quantitative estimate of drug-likeness (QED) is 0.881. The number of halogens is 2. The number of hydrogen-bond acceptors (Lipinski definition) is 4. The predicted octanol–water partition coefficient (Wildman–Crippen LogP) is 2.68. The van der Waals surface area contributed by atoms with Crippen molar-refractivity contribution in [3.8, 4) is 0 Å². The Balaban J connectivity index is 2.06. The molecule has 2 rings (SSSR count). The lowest BCUT2D eigenvalue weighted by Gasteiger charge is -2.08. The third kappa shape index (κ3) is 4.15. The first kappa shape index (κ1) is 15.7. The van der Waals surface area contributed by atoms with E-state index in [0.29, 0.717) is 35.3 Å². The van der Waals surface area contributed by atoms with Gasteiger partial charge in [0.1, 0.15) is 0 Å². The van der Waals surface area contributed by atoms with Crippen molar-refractivity contribution in [2.45, 2.75) is 26.3 Å². The lowest BCUT2D eigenvalue weighted by molar-refractivity contribution is -0.141. The van der Waals surface area contributed by atoms with Crippen LogP contribution in [-0.2, 0) is 17.8 Å². The monoisotopic (exact) mass is 328 g/mol. The van der Waals surface area contributed by atoms with E-state index in [9.17, 15) is 4.79 Å². The van der Waals surface area contributed by atoms with Gasteiger partial charge in [-0.1, -0.05) is 36.2 Å². The molecule has 21 heavy (non-hydrogen) atoms. The summed E-state index contributed by atoms with van der Waals surface area (Å²) in [5.74, 6) is -0.605. The minimum Gasteiger partial charge on any atom is -0.481 e. The van der Waals surface area contributed by atoms with E-state index < -0.39 is 11.9 Å². The molecule has 1 aromatic carbocycles. The molecule has 0 amide bonds. The summed E-state index contributed by atoms with van der Waals surface area (Å²) in [6, 6.07) is 5.34. The van der Waals surface area contributed by atoms with Gasteiger partial charge in [0, 0.05) is 13.0 Å². The van der Waals surface area contributed by atoms with Gasteiger partial charge in [0.05, 0.1) is 16.0 Å². The lowest BCUT2D eigenvalue weighted by Crippen LogP contribution is -2.15. The highest BCUT2D eigenvalue weighted by Crippen LogP contribution is 2.23. The van der Waals surface area contributed by atoms with Gasteiger partial charge < -0.3 is 5.11 Å². The molecule has 0 fully saturated rings. The van der Waals surface area contributed by atoms with Crippen LogP contribution in [0.5, 0.6) is 0 Å². The fraction of sp³-hybridized carbons (Fsp3) is 0.385. The van der Waals surface area contributed by atoms with Crippen LogP contribution in [0.25, 0.3) is 0 Å². The molecule has 0 saturated heterocycles. The van der Waals surface area contributed by atoms with Crippen molar-refractivity contribution < 1.29 is 9.90 Å². The smallest absolute Gasteiger partial charge is 0.306 e. The summed E-state index contributed by atoms with van der Waals surface area (Å²) in [4.78, 5) is 10.8. The SMILES string of the molecule is CC(CCn1nnnc1Cc1ccc(Cl)c(Cl)c1)C(=O)O. The van der Waals surface area contributed by atoms with Gasteiger partial charge in [0.15, 0.2) is 5.82 Å².